The molecule has 0 aliphatic rings. The molecule has 0 saturated carbocycles. The Morgan fingerprint density at radius 2 is 1.52 bits per heavy atom. The summed E-state index contributed by atoms with van der Waals surface area (Å²) >= 11 is 3.48. The number of benzene rings is 3. The van der Waals surface area contributed by atoms with E-state index in [1.54, 1.807) is 12.1 Å². The Balaban J connectivity index is 1.50. The van der Waals surface area contributed by atoms with Crippen molar-refractivity contribution in [1.29, 1.82) is 0 Å². The lowest BCUT2D eigenvalue weighted by atomic mass is 9.87. The molecular weight excluding hydrogens is 456 g/mol. The van der Waals surface area contributed by atoms with E-state index in [0.29, 0.717) is 11.3 Å². The van der Waals surface area contributed by atoms with E-state index in [1.165, 1.54) is 0 Å². The molecule has 0 aliphatic heterocycles. The van der Waals surface area contributed by atoms with Gasteiger partial charge in [0, 0.05) is 5.56 Å². The maximum absolute atomic E-state index is 12.3. The van der Waals surface area contributed by atoms with Gasteiger partial charge in [-0.3, -0.25) is 20.4 Å². The zero-order valence-corrected chi connectivity index (χ0v) is 19.3. The molecule has 3 aromatic rings. The molecule has 160 valence electrons. The second-order valence-electron chi connectivity index (χ2n) is 8.13. The molecular formula is C25H25BrN2O3. The third-order valence-electron chi connectivity index (χ3n) is 4.73. The van der Waals surface area contributed by atoms with Crippen LogP contribution in [-0.4, -0.2) is 18.4 Å². The highest BCUT2D eigenvalue weighted by Crippen LogP contribution is 2.31. The van der Waals surface area contributed by atoms with Gasteiger partial charge < -0.3 is 4.74 Å². The summed E-state index contributed by atoms with van der Waals surface area (Å²) in [6.45, 7) is 6.16. The minimum Gasteiger partial charge on any atom is -0.483 e. The highest BCUT2D eigenvalue weighted by atomic mass is 79.9. The van der Waals surface area contributed by atoms with Gasteiger partial charge in [-0.25, -0.2) is 0 Å². The zero-order valence-electron chi connectivity index (χ0n) is 17.7. The number of rotatable bonds is 5. The van der Waals surface area contributed by atoms with Gasteiger partial charge in [0.1, 0.15) is 5.75 Å². The van der Waals surface area contributed by atoms with Crippen LogP contribution in [0.4, 0.5) is 0 Å². The molecule has 0 radical (unpaired) electrons. The maximum Gasteiger partial charge on any atom is 0.276 e. The lowest BCUT2D eigenvalue weighted by Crippen LogP contribution is -2.43. The van der Waals surface area contributed by atoms with Crippen molar-refractivity contribution in [3.63, 3.8) is 0 Å². The molecule has 3 aromatic carbocycles. The number of nitrogens with one attached hydrogen (secondary N) is 2. The van der Waals surface area contributed by atoms with Crippen molar-refractivity contribution in [3.8, 4) is 16.9 Å². The van der Waals surface area contributed by atoms with Gasteiger partial charge in [0.15, 0.2) is 6.61 Å². The fourth-order valence-electron chi connectivity index (χ4n) is 2.91. The molecule has 0 fully saturated rings. The van der Waals surface area contributed by atoms with Crippen LogP contribution < -0.4 is 15.6 Å². The van der Waals surface area contributed by atoms with Crippen LogP contribution in [0, 0.1) is 0 Å². The summed E-state index contributed by atoms with van der Waals surface area (Å²) in [5.41, 5.74) is 8.48. The smallest absolute Gasteiger partial charge is 0.276 e. The van der Waals surface area contributed by atoms with Gasteiger partial charge in [-0.2, -0.15) is 0 Å². The van der Waals surface area contributed by atoms with Gasteiger partial charge in [0.2, 0.25) is 0 Å². The van der Waals surface area contributed by atoms with Gasteiger partial charge in [0.05, 0.1) is 4.47 Å². The van der Waals surface area contributed by atoms with Gasteiger partial charge in [-0.1, -0.05) is 69.3 Å². The SMILES string of the molecule is CC(C)(C)c1ccc(OCC(=O)NNC(=O)c2ccc(-c3ccccc3)cc2)c(Br)c1. The Morgan fingerprint density at radius 3 is 2.13 bits per heavy atom. The van der Waals surface area contributed by atoms with Gasteiger partial charge in [0.25, 0.3) is 11.8 Å². The highest BCUT2D eigenvalue weighted by molar-refractivity contribution is 9.10. The van der Waals surface area contributed by atoms with E-state index < -0.39 is 11.8 Å². The first-order valence-electron chi connectivity index (χ1n) is 9.91. The number of carbonyl (C=O) groups is 2. The van der Waals surface area contributed by atoms with E-state index in [2.05, 4.69) is 47.6 Å². The van der Waals surface area contributed by atoms with Crippen LogP contribution in [0.3, 0.4) is 0 Å². The average molecular weight is 481 g/mol. The fraction of sp³-hybridized carbons (Fsp3) is 0.200. The molecule has 2 amide bonds. The van der Waals surface area contributed by atoms with Crippen LogP contribution >= 0.6 is 15.9 Å². The first-order chi connectivity index (χ1) is 14.7. The Labute approximate surface area is 190 Å². The lowest BCUT2D eigenvalue weighted by molar-refractivity contribution is -0.123. The van der Waals surface area contributed by atoms with Crippen LogP contribution in [0.5, 0.6) is 5.75 Å². The third kappa shape index (κ3) is 6.18. The van der Waals surface area contributed by atoms with Crippen molar-refractivity contribution in [3.05, 3.63) is 88.4 Å². The molecule has 2 N–H and O–H groups in total. The van der Waals surface area contributed by atoms with Crippen molar-refractivity contribution in [2.24, 2.45) is 0 Å². The molecule has 0 spiro atoms. The molecule has 0 aliphatic carbocycles. The molecule has 0 unspecified atom stereocenters. The minimum atomic E-state index is -0.457. The number of halogens is 1. The number of hydrogen-bond donors (Lipinski definition) is 2. The summed E-state index contributed by atoms with van der Waals surface area (Å²) in [7, 11) is 0. The largest absolute Gasteiger partial charge is 0.483 e. The quantitative estimate of drug-likeness (QED) is 0.489. The van der Waals surface area contributed by atoms with Crippen LogP contribution in [0.15, 0.2) is 77.3 Å². The van der Waals surface area contributed by atoms with E-state index in [1.807, 2.05) is 60.7 Å². The number of hydrogen-bond acceptors (Lipinski definition) is 3. The van der Waals surface area contributed by atoms with Gasteiger partial charge in [-0.15, -0.1) is 0 Å². The van der Waals surface area contributed by atoms with Crippen LogP contribution in [0.25, 0.3) is 11.1 Å². The summed E-state index contributed by atoms with van der Waals surface area (Å²) in [6, 6.07) is 22.8. The van der Waals surface area contributed by atoms with Gasteiger partial charge in [-0.05, 0) is 62.3 Å². The highest BCUT2D eigenvalue weighted by Gasteiger charge is 2.16. The summed E-state index contributed by atoms with van der Waals surface area (Å²) in [5, 5.41) is 0. The average Bonchev–Trinajstić information content (AvgIpc) is 2.76. The number of ether oxygens (including phenoxy) is 1. The topological polar surface area (TPSA) is 67.4 Å². The van der Waals surface area contributed by atoms with E-state index >= 15 is 0 Å². The Kier molecular flexibility index (Phi) is 7.13. The number of hydrazine groups is 1. The predicted octanol–water partition coefficient (Wildman–Crippen LogP) is 5.25. The van der Waals surface area contributed by atoms with Crippen molar-refractivity contribution in [2.75, 3.05) is 6.61 Å². The van der Waals surface area contributed by atoms with E-state index in [4.69, 9.17) is 4.74 Å². The second kappa shape index (κ2) is 9.79. The minimum absolute atomic E-state index is 0.0159. The lowest BCUT2D eigenvalue weighted by Gasteiger charge is -2.20. The van der Waals surface area contributed by atoms with Crippen LogP contribution in [-0.2, 0) is 10.2 Å². The molecule has 5 nitrogen and oxygen atoms in total. The van der Waals surface area contributed by atoms with Crippen molar-refractivity contribution in [1.82, 2.24) is 10.9 Å². The van der Waals surface area contributed by atoms with Crippen molar-refractivity contribution < 1.29 is 14.3 Å². The molecule has 3 rings (SSSR count). The summed E-state index contributed by atoms with van der Waals surface area (Å²) in [4.78, 5) is 24.3. The second-order valence-corrected chi connectivity index (χ2v) is 8.98. The zero-order chi connectivity index (χ0) is 22.4. The summed E-state index contributed by atoms with van der Waals surface area (Å²) in [5.74, 6) is -0.296. The Bertz CT molecular complexity index is 1060. The third-order valence-corrected chi connectivity index (χ3v) is 5.35. The Morgan fingerprint density at radius 1 is 0.871 bits per heavy atom. The molecule has 0 aromatic heterocycles. The number of amides is 2. The van der Waals surface area contributed by atoms with Crippen molar-refractivity contribution in [2.45, 2.75) is 26.2 Å². The molecule has 0 heterocycles. The monoisotopic (exact) mass is 480 g/mol. The van der Waals surface area contributed by atoms with Crippen LogP contribution in [0.1, 0.15) is 36.7 Å². The Hall–Kier alpha value is -3.12. The normalized spacial score (nSPS) is 11.0. The molecule has 31 heavy (non-hydrogen) atoms. The van der Waals surface area contributed by atoms with Crippen LogP contribution in [0.2, 0.25) is 0 Å². The van der Waals surface area contributed by atoms with Crippen molar-refractivity contribution >= 4 is 27.7 Å². The summed E-state index contributed by atoms with van der Waals surface area (Å²) in [6.07, 6.45) is 0. The molecule has 0 bridgehead atoms. The van der Waals surface area contributed by atoms with Gasteiger partial charge >= 0.3 is 0 Å². The van der Waals surface area contributed by atoms with E-state index in [0.717, 1.165) is 21.2 Å². The first-order valence-corrected chi connectivity index (χ1v) is 10.7. The predicted molar refractivity (Wildman–Crippen MR) is 126 cm³/mol. The first kappa shape index (κ1) is 22.6. The maximum atomic E-state index is 12.3. The number of carbonyl (C=O) groups excluding carboxylic acids is 2. The summed E-state index contributed by atoms with van der Waals surface area (Å²) < 4.78 is 6.33. The van der Waals surface area contributed by atoms with E-state index in [9.17, 15) is 9.59 Å². The molecule has 0 atom stereocenters. The van der Waals surface area contributed by atoms with E-state index in [-0.39, 0.29) is 12.0 Å². The standard InChI is InChI=1S/C25H25BrN2O3/c1-25(2,3)20-13-14-22(21(26)15-20)31-16-23(29)27-28-24(30)19-11-9-18(10-12-19)17-7-5-4-6-8-17/h4-15H,16H2,1-3H3,(H,27,29)(H,28,30). The molecule has 0 saturated heterocycles. The molecule has 6 heteroatoms. The fourth-order valence-corrected chi connectivity index (χ4v) is 3.40.